The Labute approximate surface area is 184 Å². The number of phenolic OH excluding ortho intramolecular Hbond substituents is 1. The van der Waals surface area contributed by atoms with Crippen LogP contribution in [-0.2, 0) is 0 Å². The van der Waals surface area contributed by atoms with E-state index in [1.165, 1.54) is 26.3 Å². The van der Waals surface area contributed by atoms with E-state index in [1.54, 1.807) is 24.3 Å². The third-order valence-corrected chi connectivity index (χ3v) is 4.98. The van der Waals surface area contributed by atoms with Crippen molar-refractivity contribution in [3.05, 3.63) is 80.3 Å². The fraction of sp³-hybridized carbons (Fsp3) is 0.174. The van der Waals surface area contributed by atoms with Gasteiger partial charge in [0.15, 0.2) is 17.2 Å². The minimum absolute atomic E-state index is 0.0221. The normalized spacial score (nSPS) is 10.7. The number of nitrogens with zero attached hydrogens (tertiary/aromatic N) is 4. The molecule has 1 heterocycles. The van der Waals surface area contributed by atoms with Crippen molar-refractivity contribution in [3.8, 4) is 23.3 Å². The number of methoxy groups -OCH3 is 1. The van der Waals surface area contributed by atoms with Gasteiger partial charge in [0.05, 0.1) is 19.0 Å². The molecule has 3 aromatic rings. The molecule has 0 saturated heterocycles. The molecule has 162 valence electrons. The van der Waals surface area contributed by atoms with E-state index in [2.05, 4.69) is 15.6 Å². The number of aryl methyl sites for hydroxylation is 2. The van der Waals surface area contributed by atoms with Crippen molar-refractivity contribution in [2.24, 2.45) is 5.10 Å². The van der Waals surface area contributed by atoms with E-state index in [0.717, 1.165) is 15.8 Å². The summed E-state index contributed by atoms with van der Waals surface area (Å²) >= 11 is 0. The average molecular weight is 431 g/mol. The lowest BCUT2D eigenvalue weighted by molar-refractivity contribution is 0.0947. The third kappa shape index (κ3) is 4.34. The minimum Gasteiger partial charge on any atom is -0.504 e. The molecule has 0 saturated carbocycles. The first-order valence-electron chi connectivity index (χ1n) is 9.59. The Bertz CT molecular complexity index is 1340. The van der Waals surface area contributed by atoms with Crippen LogP contribution in [0, 0.1) is 32.1 Å². The summed E-state index contributed by atoms with van der Waals surface area (Å²) in [6, 6.07) is 11.7. The minimum atomic E-state index is -0.682. The fourth-order valence-electron chi connectivity index (χ4n) is 2.98. The van der Waals surface area contributed by atoms with E-state index in [4.69, 9.17) is 4.74 Å². The van der Waals surface area contributed by atoms with Crippen LogP contribution < -0.4 is 15.7 Å². The topological polar surface area (TPSA) is 130 Å². The second-order valence-corrected chi connectivity index (χ2v) is 7.08. The molecule has 3 rings (SSSR count). The molecule has 2 aromatic carbocycles. The van der Waals surface area contributed by atoms with E-state index in [-0.39, 0.29) is 28.3 Å². The number of aromatic nitrogens is 2. The third-order valence-electron chi connectivity index (χ3n) is 4.98. The quantitative estimate of drug-likeness (QED) is 0.472. The monoisotopic (exact) mass is 431 g/mol. The zero-order valence-electron chi connectivity index (χ0n) is 18.0. The Morgan fingerprint density at radius 3 is 2.62 bits per heavy atom. The van der Waals surface area contributed by atoms with Gasteiger partial charge >= 0.3 is 0 Å². The molecule has 0 atom stereocenters. The van der Waals surface area contributed by atoms with E-state index < -0.39 is 11.5 Å². The molecule has 0 fully saturated rings. The number of nitrogens with one attached hydrogen (secondary N) is 1. The van der Waals surface area contributed by atoms with Crippen molar-refractivity contribution in [3.63, 3.8) is 0 Å². The van der Waals surface area contributed by atoms with Crippen molar-refractivity contribution in [1.82, 2.24) is 15.2 Å². The molecule has 9 heteroatoms. The molecule has 0 bridgehead atoms. The largest absolute Gasteiger partial charge is 0.504 e. The molecule has 1 aromatic heterocycles. The Hall–Kier alpha value is -4.45. The summed E-state index contributed by atoms with van der Waals surface area (Å²) in [5.41, 5.74) is 4.63. The molecule has 9 nitrogen and oxygen atoms in total. The number of benzene rings is 2. The summed E-state index contributed by atoms with van der Waals surface area (Å²) in [5.74, 6) is -0.443. The van der Waals surface area contributed by atoms with Gasteiger partial charge in [0.1, 0.15) is 11.6 Å². The molecule has 0 aliphatic rings. The number of ether oxygens (including phenoxy) is 1. The second kappa shape index (κ2) is 9.14. The van der Waals surface area contributed by atoms with Crippen molar-refractivity contribution < 1.29 is 14.6 Å². The molecule has 1 amide bonds. The second-order valence-electron chi connectivity index (χ2n) is 7.08. The molecule has 0 radical (unpaired) electrons. The lowest BCUT2D eigenvalue weighted by Crippen LogP contribution is -2.31. The van der Waals surface area contributed by atoms with E-state index in [9.17, 15) is 20.0 Å². The Balaban J connectivity index is 1.96. The van der Waals surface area contributed by atoms with E-state index in [0.29, 0.717) is 11.3 Å². The van der Waals surface area contributed by atoms with Gasteiger partial charge in [-0.3, -0.25) is 9.59 Å². The summed E-state index contributed by atoms with van der Waals surface area (Å²) in [6.07, 6.45) is 1.36. The van der Waals surface area contributed by atoms with Crippen molar-refractivity contribution in [2.45, 2.75) is 20.8 Å². The number of rotatable bonds is 5. The Kier molecular flexibility index (Phi) is 6.35. The Morgan fingerprint density at radius 2 is 1.97 bits per heavy atom. The number of aromatic hydroxyl groups is 1. The van der Waals surface area contributed by atoms with Crippen LogP contribution in [0.1, 0.15) is 38.3 Å². The number of carbonyl (C=O) groups is 1. The summed E-state index contributed by atoms with van der Waals surface area (Å²) in [7, 11) is 1.42. The number of phenols is 1. The molecule has 32 heavy (non-hydrogen) atoms. The first-order valence-corrected chi connectivity index (χ1v) is 9.59. The van der Waals surface area contributed by atoms with Gasteiger partial charge in [-0.25, -0.2) is 5.43 Å². The SMILES string of the molecule is COc1cc(/C=N/NC(=O)c2nn(-c3ccc(C)c(C)c3)c(=O)c(C#N)c2C)ccc1O. The summed E-state index contributed by atoms with van der Waals surface area (Å²) in [6.45, 7) is 5.32. The van der Waals surface area contributed by atoms with Crippen LogP contribution in [0.4, 0.5) is 0 Å². The lowest BCUT2D eigenvalue weighted by Gasteiger charge is -2.11. The predicted molar refractivity (Wildman–Crippen MR) is 118 cm³/mol. The first kappa shape index (κ1) is 22.2. The van der Waals surface area contributed by atoms with Crippen LogP contribution >= 0.6 is 0 Å². The van der Waals surface area contributed by atoms with Gasteiger partial charge in [-0.15, -0.1) is 0 Å². The maximum atomic E-state index is 12.8. The summed E-state index contributed by atoms with van der Waals surface area (Å²) in [4.78, 5) is 25.5. The fourth-order valence-corrected chi connectivity index (χ4v) is 2.98. The van der Waals surface area contributed by atoms with Crippen molar-refractivity contribution in [1.29, 1.82) is 5.26 Å². The number of carbonyl (C=O) groups excluding carboxylic acids is 1. The molecular weight excluding hydrogens is 410 g/mol. The van der Waals surface area contributed by atoms with Gasteiger partial charge in [-0.1, -0.05) is 6.07 Å². The molecule has 0 aliphatic heterocycles. The van der Waals surface area contributed by atoms with Gasteiger partial charge in [-0.2, -0.15) is 20.1 Å². The predicted octanol–water partition coefficient (Wildman–Crippen LogP) is 2.51. The van der Waals surface area contributed by atoms with Crippen molar-refractivity contribution >= 4 is 12.1 Å². The molecular formula is C23H21N5O4. The van der Waals surface area contributed by atoms with E-state index >= 15 is 0 Å². The Morgan fingerprint density at radius 1 is 1.22 bits per heavy atom. The lowest BCUT2D eigenvalue weighted by atomic mass is 10.1. The van der Waals surface area contributed by atoms with Gasteiger partial charge < -0.3 is 9.84 Å². The number of nitriles is 1. The molecule has 0 spiro atoms. The highest BCUT2D eigenvalue weighted by atomic mass is 16.5. The zero-order chi connectivity index (χ0) is 23.4. The van der Waals surface area contributed by atoms with Gasteiger partial charge in [0.2, 0.25) is 0 Å². The van der Waals surface area contributed by atoms with Gasteiger partial charge in [0, 0.05) is 5.56 Å². The van der Waals surface area contributed by atoms with Crippen LogP contribution in [0.5, 0.6) is 11.5 Å². The number of amides is 1. The maximum absolute atomic E-state index is 12.8. The van der Waals surface area contributed by atoms with Crippen LogP contribution in [-0.4, -0.2) is 34.1 Å². The highest BCUT2D eigenvalue weighted by molar-refractivity contribution is 5.94. The highest BCUT2D eigenvalue weighted by Crippen LogP contribution is 2.25. The smallest absolute Gasteiger partial charge is 0.292 e. The molecule has 0 unspecified atom stereocenters. The first-order chi connectivity index (χ1) is 15.3. The molecule has 2 N–H and O–H groups in total. The van der Waals surface area contributed by atoms with Gasteiger partial charge in [-0.05, 0) is 67.8 Å². The number of hydrogen-bond acceptors (Lipinski definition) is 7. The average Bonchev–Trinajstić information content (AvgIpc) is 2.77. The van der Waals surface area contributed by atoms with Crippen LogP contribution in [0.15, 0.2) is 46.3 Å². The standard InChI is InChI=1S/C23H21N5O4/c1-13-5-7-17(9-14(13)2)28-23(31)18(11-24)15(3)21(27-28)22(30)26-25-12-16-6-8-19(29)20(10-16)32-4/h5-10,12,29H,1-4H3,(H,26,30)/b25-12+. The van der Waals surface area contributed by atoms with Crippen molar-refractivity contribution in [2.75, 3.05) is 7.11 Å². The molecule has 0 aliphatic carbocycles. The highest BCUT2D eigenvalue weighted by Gasteiger charge is 2.20. The van der Waals surface area contributed by atoms with Crippen LogP contribution in [0.2, 0.25) is 0 Å². The van der Waals surface area contributed by atoms with E-state index in [1.807, 2.05) is 26.0 Å². The summed E-state index contributed by atoms with van der Waals surface area (Å²) in [5, 5.41) is 27.2. The summed E-state index contributed by atoms with van der Waals surface area (Å²) < 4.78 is 6.08. The number of hydrogen-bond donors (Lipinski definition) is 2. The van der Waals surface area contributed by atoms with Crippen LogP contribution in [0.3, 0.4) is 0 Å². The number of hydrazone groups is 1. The van der Waals surface area contributed by atoms with Crippen LogP contribution in [0.25, 0.3) is 5.69 Å². The zero-order valence-corrected chi connectivity index (χ0v) is 18.0. The maximum Gasteiger partial charge on any atom is 0.292 e. The van der Waals surface area contributed by atoms with Gasteiger partial charge in [0.25, 0.3) is 11.5 Å².